The van der Waals surface area contributed by atoms with Crippen LogP contribution in [0.3, 0.4) is 0 Å². The molecule has 2 rings (SSSR count). The summed E-state index contributed by atoms with van der Waals surface area (Å²) in [5, 5.41) is 19.8. The Labute approximate surface area is 96.8 Å². The largest absolute Gasteiger partial charge is 0.391 e. The number of aliphatic hydroxyl groups excluding tert-OH is 1. The van der Waals surface area contributed by atoms with Gasteiger partial charge in [0.15, 0.2) is 11.0 Å². The third-order valence-corrected chi connectivity index (χ3v) is 2.68. The average Bonchev–Trinajstić information content (AvgIpc) is 3.02. The number of rotatable bonds is 4. The van der Waals surface area contributed by atoms with Gasteiger partial charge in [-0.1, -0.05) is 11.6 Å². The molecule has 5 nitrogen and oxygen atoms in total. The standard InChI is InChI=1S/C8H10Cl2N4O/c9-6-7(12-8(10)14-13-6)11-3-5(15)4-1-2-4/h4-5,15H,1-3H2,(H,11,12,14). The Morgan fingerprint density at radius 1 is 1.40 bits per heavy atom. The van der Waals surface area contributed by atoms with Crippen molar-refractivity contribution < 1.29 is 5.11 Å². The molecule has 1 aromatic heterocycles. The van der Waals surface area contributed by atoms with Gasteiger partial charge in [0.1, 0.15) is 0 Å². The van der Waals surface area contributed by atoms with E-state index in [0.717, 1.165) is 12.8 Å². The molecule has 82 valence electrons. The normalized spacial score (nSPS) is 17.5. The number of nitrogens with zero attached hydrogens (tertiary/aromatic N) is 3. The number of halogens is 2. The van der Waals surface area contributed by atoms with Crippen LogP contribution in [0.25, 0.3) is 0 Å². The highest BCUT2D eigenvalue weighted by molar-refractivity contribution is 6.32. The molecule has 0 aliphatic heterocycles. The Kier molecular flexibility index (Phi) is 3.23. The molecule has 0 spiro atoms. The zero-order valence-electron chi connectivity index (χ0n) is 7.82. The number of aliphatic hydroxyl groups is 1. The lowest BCUT2D eigenvalue weighted by Gasteiger charge is -2.11. The second-order valence-corrected chi connectivity index (χ2v) is 4.20. The van der Waals surface area contributed by atoms with E-state index >= 15 is 0 Å². The topological polar surface area (TPSA) is 70.9 Å². The lowest BCUT2D eigenvalue weighted by molar-refractivity contribution is 0.164. The first kappa shape index (κ1) is 10.9. The average molecular weight is 249 g/mol. The Bertz CT molecular complexity index is 358. The minimum absolute atomic E-state index is 0.0304. The summed E-state index contributed by atoms with van der Waals surface area (Å²) in [4.78, 5) is 3.86. The fourth-order valence-corrected chi connectivity index (χ4v) is 1.52. The summed E-state index contributed by atoms with van der Waals surface area (Å²) in [5.41, 5.74) is 0. The van der Waals surface area contributed by atoms with Crippen LogP contribution < -0.4 is 5.32 Å². The third-order valence-electron chi connectivity index (χ3n) is 2.26. The van der Waals surface area contributed by atoms with E-state index in [1.807, 2.05) is 0 Å². The zero-order chi connectivity index (χ0) is 10.8. The fourth-order valence-electron chi connectivity index (χ4n) is 1.25. The summed E-state index contributed by atoms with van der Waals surface area (Å²) in [6, 6.07) is 0. The Hall–Kier alpha value is -0.650. The Balaban J connectivity index is 1.94. The van der Waals surface area contributed by atoms with Crippen molar-refractivity contribution in [2.24, 2.45) is 5.92 Å². The van der Waals surface area contributed by atoms with Crippen molar-refractivity contribution in [1.29, 1.82) is 0 Å². The van der Waals surface area contributed by atoms with Gasteiger partial charge >= 0.3 is 0 Å². The molecule has 1 fully saturated rings. The number of hydrogen-bond acceptors (Lipinski definition) is 5. The maximum Gasteiger partial charge on any atom is 0.245 e. The molecule has 1 aliphatic rings. The van der Waals surface area contributed by atoms with Crippen LogP contribution in [0.1, 0.15) is 12.8 Å². The van der Waals surface area contributed by atoms with Crippen LogP contribution in [0.2, 0.25) is 10.4 Å². The molecule has 1 aliphatic carbocycles. The molecular weight excluding hydrogens is 239 g/mol. The van der Waals surface area contributed by atoms with Gasteiger partial charge in [-0.2, -0.15) is 4.98 Å². The molecule has 0 bridgehead atoms. The van der Waals surface area contributed by atoms with E-state index in [2.05, 4.69) is 20.5 Å². The molecule has 0 amide bonds. The van der Waals surface area contributed by atoms with Crippen LogP contribution in [0, 0.1) is 5.92 Å². The van der Waals surface area contributed by atoms with Gasteiger partial charge in [-0.05, 0) is 30.4 Å². The predicted molar refractivity (Wildman–Crippen MR) is 57.1 cm³/mol. The molecule has 7 heteroatoms. The van der Waals surface area contributed by atoms with Crippen LogP contribution in [-0.2, 0) is 0 Å². The van der Waals surface area contributed by atoms with E-state index in [0.29, 0.717) is 18.3 Å². The van der Waals surface area contributed by atoms with Crippen molar-refractivity contribution >= 4 is 29.0 Å². The molecule has 1 aromatic rings. The van der Waals surface area contributed by atoms with Crippen molar-refractivity contribution in [3.8, 4) is 0 Å². The number of anilines is 1. The predicted octanol–water partition coefficient (Wildman–Crippen LogP) is 1.36. The lowest BCUT2D eigenvalue weighted by Crippen LogP contribution is -2.22. The smallest absolute Gasteiger partial charge is 0.245 e. The van der Waals surface area contributed by atoms with E-state index in [9.17, 15) is 5.11 Å². The molecule has 1 unspecified atom stereocenters. The van der Waals surface area contributed by atoms with Gasteiger partial charge < -0.3 is 10.4 Å². The summed E-state index contributed by atoms with van der Waals surface area (Å²) in [7, 11) is 0. The summed E-state index contributed by atoms with van der Waals surface area (Å²) >= 11 is 11.3. The van der Waals surface area contributed by atoms with Crippen molar-refractivity contribution in [3.05, 3.63) is 10.4 Å². The van der Waals surface area contributed by atoms with Gasteiger partial charge in [0, 0.05) is 6.54 Å². The van der Waals surface area contributed by atoms with E-state index in [4.69, 9.17) is 23.2 Å². The first-order valence-corrected chi connectivity index (χ1v) is 5.40. The maximum absolute atomic E-state index is 9.61. The minimum atomic E-state index is -0.366. The quantitative estimate of drug-likeness (QED) is 0.843. The second kappa shape index (κ2) is 4.47. The number of aromatic nitrogens is 3. The third kappa shape index (κ3) is 2.90. The molecule has 2 N–H and O–H groups in total. The molecule has 0 radical (unpaired) electrons. The molecule has 1 saturated carbocycles. The highest BCUT2D eigenvalue weighted by Crippen LogP contribution is 2.32. The first-order valence-electron chi connectivity index (χ1n) is 4.64. The first-order chi connectivity index (χ1) is 7.16. The molecule has 0 aromatic carbocycles. The van der Waals surface area contributed by atoms with Gasteiger partial charge in [0.2, 0.25) is 5.28 Å². The minimum Gasteiger partial charge on any atom is -0.391 e. The van der Waals surface area contributed by atoms with Crippen molar-refractivity contribution in [1.82, 2.24) is 15.2 Å². The van der Waals surface area contributed by atoms with E-state index < -0.39 is 0 Å². The van der Waals surface area contributed by atoms with E-state index in [-0.39, 0.29) is 16.5 Å². The monoisotopic (exact) mass is 248 g/mol. The Morgan fingerprint density at radius 3 is 2.80 bits per heavy atom. The summed E-state index contributed by atoms with van der Waals surface area (Å²) in [6.07, 6.45) is 1.80. The SMILES string of the molecule is OC(CNc1nc(Cl)nnc1Cl)C1CC1. The van der Waals surface area contributed by atoms with Crippen LogP contribution in [0.4, 0.5) is 5.82 Å². The molecule has 15 heavy (non-hydrogen) atoms. The number of hydrogen-bond donors (Lipinski definition) is 2. The summed E-state index contributed by atoms with van der Waals surface area (Å²) in [6.45, 7) is 0.402. The highest BCUT2D eigenvalue weighted by Gasteiger charge is 2.29. The van der Waals surface area contributed by atoms with E-state index in [1.165, 1.54) is 0 Å². The maximum atomic E-state index is 9.61. The van der Waals surface area contributed by atoms with Crippen molar-refractivity contribution in [3.63, 3.8) is 0 Å². The molecule has 1 atom stereocenters. The van der Waals surface area contributed by atoms with Gasteiger partial charge in [0.25, 0.3) is 0 Å². The highest BCUT2D eigenvalue weighted by atomic mass is 35.5. The fraction of sp³-hybridized carbons (Fsp3) is 0.625. The van der Waals surface area contributed by atoms with Crippen LogP contribution in [0.5, 0.6) is 0 Å². The summed E-state index contributed by atoms with van der Waals surface area (Å²) in [5.74, 6) is 0.762. The van der Waals surface area contributed by atoms with Crippen LogP contribution >= 0.6 is 23.2 Å². The van der Waals surface area contributed by atoms with Gasteiger partial charge in [-0.15, -0.1) is 10.2 Å². The van der Waals surface area contributed by atoms with Gasteiger partial charge in [-0.25, -0.2) is 0 Å². The van der Waals surface area contributed by atoms with Crippen molar-refractivity contribution in [2.45, 2.75) is 18.9 Å². The molecule has 0 saturated heterocycles. The number of nitrogens with one attached hydrogen (secondary N) is 1. The van der Waals surface area contributed by atoms with Gasteiger partial charge in [0.05, 0.1) is 6.10 Å². The van der Waals surface area contributed by atoms with E-state index in [1.54, 1.807) is 0 Å². The van der Waals surface area contributed by atoms with Crippen molar-refractivity contribution in [2.75, 3.05) is 11.9 Å². The second-order valence-electron chi connectivity index (χ2n) is 3.51. The van der Waals surface area contributed by atoms with Gasteiger partial charge in [-0.3, -0.25) is 0 Å². The lowest BCUT2D eigenvalue weighted by atomic mass is 10.2. The molecule has 1 heterocycles. The summed E-state index contributed by atoms with van der Waals surface area (Å²) < 4.78 is 0. The zero-order valence-corrected chi connectivity index (χ0v) is 9.33. The molecular formula is C8H10Cl2N4O. The Morgan fingerprint density at radius 2 is 2.13 bits per heavy atom. The van der Waals surface area contributed by atoms with Crippen LogP contribution in [0.15, 0.2) is 0 Å². The van der Waals surface area contributed by atoms with Crippen LogP contribution in [-0.4, -0.2) is 32.9 Å².